The van der Waals surface area contributed by atoms with Crippen molar-refractivity contribution in [2.45, 2.75) is 19.6 Å². The van der Waals surface area contributed by atoms with Gasteiger partial charge in [0.05, 0.1) is 30.9 Å². The van der Waals surface area contributed by atoms with Crippen molar-refractivity contribution in [3.63, 3.8) is 0 Å². The fraction of sp³-hybridized carbons (Fsp3) is 0.241. The van der Waals surface area contributed by atoms with Gasteiger partial charge in [-0.25, -0.2) is 4.39 Å². The molecule has 0 bridgehead atoms. The number of hydrogen-bond acceptors (Lipinski definition) is 6. The lowest BCUT2D eigenvalue weighted by Crippen LogP contribution is -2.32. The third kappa shape index (κ3) is 5.49. The monoisotopic (exact) mass is 505 g/mol. The zero-order valence-corrected chi connectivity index (χ0v) is 20.9. The minimum Gasteiger partial charge on any atom is -0.507 e. The van der Waals surface area contributed by atoms with Crippen LogP contribution in [-0.4, -0.2) is 49.1 Å². The third-order valence-electron chi connectivity index (χ3n) is 6.18. The number of rotatable bonds is 9. The van der Waals surface area contributed by atoms with Crippen molar-refractivity contribution in [3.8, 4) is 11.5 Å². The number of carbonyl (C=O) groups excluding carboxylic acids is 2. The van der Waals surface area contributed by atoms with Gasteiger partial charge >= 0.3 is 0 Å². The summed E-state index contributed by atoms with van der Waals surface area (Å²) < 4.78 is 29.7. The molecular formula is C29H28FNO6. The predicted molar refractivity (Wildman–Crippen MR) is 136 cm³/mol. The van der Waals surface area contributed by atoms with Crippen molar-refractivity contribution >= 4 is 17.4 Å². The van der Waals surface area contributed by atoms with Gasteiger partial charge in [0.2, 0.25) is 0 Å². The number of aliphatic hydroxyl groups is 1. The largest absolute Gasteiger partial charge is 0.507 e. The van der Waals surface area contributed by atoms with Crippen molar-refractivity contribution in [3.05, 3.63) is 100 Å². The summed E-state index contributed by atoms with van der Waals surface area (Å²) in [5.41, 5.74) is 2.50. The number of aliphatic hydroxyl groups excluding tert-OH is 1. The number of methoxy groups -OCH3 is 2. The van der Waals surface area contributed by atoms with Crippen LogP contribution in [0, 0.1) is 12.7 Å². The van der Waals surface area contributed by atoms with E-state index in [0.717, 1.165) is 11.1 Å². The number of likely N-dealkylation sites (tertiary alicyclic amines) is 1. The molecule has 0 aromatic heterocycles. The summed E-state index contributed by atoms with van der Waals surface area (Å²) in [5, 5.41) is 11.4. The Bertz CT molecular complexity index is 1330. The molecule has 192 valence electrons. The number of benzene rings is 3. The van der Waals surface area contributed by atoms with Crippen LogP contribution in [0.1, 0.15) is 28.3 Å². The number of ether oxygens (including phenoxy) is 3. The highest BCUT2D eigenvalue weighted by atomic mass is 19.1. The zero-order chi connectivity index (χ0) is 26.5. The maximum Gasteiger partial charge on any atom is 0.295 e. The normalized spacial score (nSPS) is 16.8. The second-order valence-electron chi connectivity index (χ2n) is 8.68. The van der Waals surface area contributed by atoms with Gasteiger partial charge in [0, 0.05) is 13.7 Å². The first-order valence-corrected chi connectivity index (χ1v) is 11.7. The van der Waals surface area contributed by atoms with Crippen LogP contribution in [0.5, 0.6) is 11.5 Å². The van der Waals surface area contributed by atoms with Gasteiger partial charge in [-0.05, 0) is 54.4 Å². The molecule has 1 amide bonds. The summed E-state index contributed by atoms with van der Waals surface area (Å²) in [6, 6.07) is 17.3. The highest BCUT2D eigenvalue weighted by molar-refractivity contribution is 6.46. The van der Waals surface area contributed by atoms with Crippen molar-refractivity contribution in [1.82, 2.24) is 4.90 Å². The number of halogens is 1. The van der Waals surface area contributed by atoms with Gasteiger partial charge in [0.1, 0.15) is 29.7 Å². The molecule has 1 N–H and O–H groups in total. The Hall–Kier alpha value is -4.17. The second-order valence-corrected chi connectivity index (χ2v) is 8.68. The fourth-order valence-electron chi connectivity index (χ4n) is 4.32. The van der Waals surface area contributed by atoms with Crippen LogP contribution in [0.4, 0.5) is 4.39 Å². The smallest absolute Gasteiger partial charge is 0.295 e. The van der Waals surface area contributed by atoms with E-state index >= 15 is 0 Å². The molecule has 1 aliphatic rings. The highest BCUT2D eigenvalue weighted by Crippen LogP contribution is 2.41. The first-order valence-electron chi connectivity index (χ1n) is 11.7. The number of nitrogens with zero attached hydrogens (tertiary/aromatic N) is 1. The summed E-state index contributed by atoms with van der Waals surface area (Å²) in [6.07, 6.45) is 0. The molecule has 0 spiro atoms. The Labute approximate surface area is 214 Å². The molecule has 4 rings (SSSR count). The first-order chi connectivity index (χ1) is 17.8. The number of aryl methyl sites for hydroxylation is 1. The van der Waals surface area contributed by atoms with Gasteiger partial charge in [-0.1, -0.05) is 35.9 Å². The van der Waals surface area contributed by atoms with Gasteiger partial charge in [-0.15, -0.1) is 0 Å². The molecule has 1 saturated heterocycles. The topological polar surface area (TPSA) is 85.3 Å². The third-order valence-corrected chi connectivity index (χ3v) is 6.18. The fourth-order valence-corrected chi connectivity index (χ4v) is 4.32. The first kappa shape index (κ1) is 25.9. The molecular weight excluding hydrogens is 477 g/mol. The van der Waals surface area contributed by atoms with Crippen LogP contribution in [0.25, 0.3) is 5.76 Å². The van der Waals surface area contributed by atoms with Crippen molar-refractivity contribution in [1.29, 1.82) is 0 Å². The molecule has 3 aromatic carbocycles. The van der Waals surface area contributed by atoms with Crippen molar-refractivity contribution < 1.29 is 33.3 Å². The Morgan fingerprint density at radius 2 is 1.78 bits per heavy atom. The lowest BCUT2D eigenvalue weighted by atomic mass is 9.94. The zero-order valence-electron chi connectivity index (χ0n) is 20.9. The van der Waals surface area contributed by atoms with Crippen LogP contribution in [0.2, 0.25) is 0 Å². The van der Waals surface area contributed by atoms with E-state index in [4.69, 9.17) is 14.2 Å². The molecule has 7 nitrogen and oxygen atoms in total. The molecule has 1 atom stereocenters. The molecule has 8 heteroatoms. The summed E-state index contributed by atoms with van der Waals surface area (Å²) in [7, 11) is 2.98. The average Bonchev–Trinajstić information content (AvgIpc) is 3.16. The quantitative estimate of drug-likeness (QED) is 0.256. The second kappa shape index (κ2) is 11.3. The minimum absolute atomic E-state index is 0.0410. The van der Waals surface area contributed by atoms with E-state index in [1.807, 2.05) is 13.0 Å². The van der Waals surface area contributed by atoms with E-state index in [1.165, 1.54) is 31.3 Å². The van der Waals surface area contributed by atoms with Crippen LogP contribution in [-0.2, 0) is 20.9 Å². The molecule has 0 radical (unpaired) electrons. The summed E-state index contributed by atoms with van der Waals surface area (Å²) in [6.45, 7) is 2.41. The van der Waals surface area contributed by atoms with E-state index in [1.54, 1.807) is 48.5 Å². The van der Waals surface area contributed by atoms with Crippen LogP contribution >= 0.6 is 0 Å². The Morgan fingerprint density at radius 1 is 1.03 bits per heavy atom. The van der Waals surface area contributed by atoms with Gasteiger partial charge < -0.3 is 24.2 Å². The number of ketones is 1. The highest BCUT2D eigenvalue weighted by Gasteiger charge is 2.46. The van der Waals surface area contributed by atoms with Gasteiger partial charge in [0.25, 0.3) is 11.7 Å². The SMILES string of the molecule is COCCN1C(=O)C(=O)/C(=C(/O)c2cc(C)ccc2OC)C1c1cccc(OCc2ccc(F)cc2)c1. The standard InChI is InChI=1S/C29H28FNO6/c1-18-7-12-24(36-3)23(15-18)27(32)25-26(31(13-14-35-2)29(34)28(25)33)20-5-4-6-22(16-20)37-17-19-8-10-21(30)11-9-19/h4-12,15-16,26,32H,13-14,17H2,1-3H3/b27-25+. The molecule has 37 heavy (non-hydrogen) atoms. The van der Waals surface area contributed by atoms with E-state index in [-0.39, 0.29) is 36.9 Å². The molecule has 1 aliphatic heterocycles. The minimum atomic E-state index is -0.866. The molecule has 1 heterocycles. The maximum absolute atomic E-state index is 13.2. The molecule has 3 aromatic rings. The molecule has 1 fully saturated rings. The van der Waals surface area contributed by atoms with Crippen LogP contribution in [0.15, 0.2) is 72.3 Å². The van der Waals surface area contributed by atoms with E-state index in [9.17, 15) is 19.1 Å². The van der Waals surface area contributed by atoms with Crippen molar-refractivity contribution in [2.75, 3.05) is 27.4 Å². The average molecular weight is 506 g/mol. The van der Waals surface area contributed by atoms with Gasteiger partial charge in [-0.2, -0.15) is 0 Å². The van der Waals surface area contributed by atoms with Crippen LogP contribution < -0.4 is 9.47 Å². The Kier molecular flexibility index (Phi) is 7.89. The summed E-state index contributed by atoms with van der Waals surface area (Å²) in [5.74, 6) is -1.30. The number of Topliss-reactive ketones (excluding diaryl/α,β-unsaturated/α-hetero) is 1. The number of amides is 1. The Balaban J connectivity index is 1.76. The predicted octanol–water partition coefficient (Wildman–Crippen LogP) is 4.79. The molecule has 1 unspecified atom stereocenters. The maximum atomic E-state index is 13.2. The lowest BCUT2D eigenvalue weighted by Gasteiger charge is -2.25. The summed E-state index contributed by atoms with van der Waals surface area (Å²) in [4.78, 5) is 27.7. The van der Waals surface area contributed by atoms with Crippen molar-refractivity contribution in [2.24, 2.45) is 0 Å². The van der Waals surface area contributed by atoms with E-state index in [0.29, 0.717) is 22.6 Å². The van der Waals surface area contributed by atoms with Gasteiger partial charge in [0.15, 0.2) is 0 Å². The van der Waals surface area contributed by atoms with Crippen LogP contribution in [0.3, 0.4) is 0 Å². The van der Waals surface area contributed by atoms with E-state index < -0.39 is 17.7 Å². The molecule has 0 saturated carbocycles. The molecule has 0 aliphatic carbocycles. The lowest BCUT2D eigenvalue weighted by molar-refractivity contribution is -0.140. The Morgan fingerprint density at radius 3 is 2.49 bits per heavy atom. The van der Waals surface area contributed by atoms with Gasteiger partial charge in [-0.3, -0.25) is 9.59 Å². The summed E-state index contributed by atoms with van der Waals surface area (Å²) >= 11 is 0. The number of hydrogen-bond donors (Lipinski definition) is 1. The number of carbonyl (C=O) groups is 2. The van der Waals surface area contributed by atoms with E-state index in [2.05, 4.69) is 0 Å².